The number of carbonyl (C=O) groups excluding carboxylic acids is 1. The van der Waals surface area contributed by atoms with E-state index in [4.69, 9.17) is 5.11 Å². The highest BCUT2D eigenvalue weighted by Crippen LogP contribution is 2.15. The molecule has 1 N–H and O–H groups in total. The third kappa shape index (κ3) is 4.94. The van der Waals surface area contributed by atoms with E-state index in [1.807, 2.05) is 0 Å². The number of carbonyl (C=O) groups is 1. The lowest BCUT2D eigenvalue weighted by Crippen LogP contribution is -2.49. The maximum absolute atomic E-state index is 12.7. The van der Waals surface area contributed by atoms with Crippen LogP contribution in [0, 0.1) is 0 Å². The minimum absolute atomic E-state index is 0.0364. The molecule has 0 aromatic rings. The Morgan fingerprint density at radius 1 is 1.00 bits per heavy atom. The summed E-state index contributed by atoms with van der Waals surface area (Å²) in [5.74, 6) is 0.306. The Hall–Kier alpha value is -0.650. The van der Waals surface area contributed by atoms with Crippen LogP contribution in [0.3, 0.4) is 0 Å². The van der Waals surface area contributed by atoms with Gasteiger partial charge in [-0.2, -0.15) is 0 Å². The van der Waals surface area contributed by atoms with Crippen molar-refractivity contribution < 1.29 is 9.90 Å². The second-order valence-electron chi connectivity index (χ2n) is 6.37. The van der Waals surface area contributed by atoms with Gasteiger partial charge in [-0.3, -0.25) is 9.69 Å². The third-order valence-corrected chi connectivity index (χ3v) is 4.83. The molecule has 0 spiro atoms. The second kappa shape index (κ2) is 8.71. The van der Waals surface area contributed by atoms with Crippen molar-refractivity contribution in [3.63, 3.8) is 0 Å². The van der Waals surface area contributed by atoms with Gasteiger partial charge in [-0.15, -0.1) is 0 Å². The molecule has 2 rings (SSSR count). The van der Waals surface area contributed by atoms with Crippen LogP contribution in [0.2, 0.25) is 0 Å². The van der Waals surface area contributed by atoms with Crippen molar-refractivity contribution in [2.75, 3.05) is 52.4 Å². The van der Waals surface area contributed by atoms with Gasteiger partial charge in [0.15, 0.2) is 0 Å². The average molecular weight is 297 g/mol. The largest absolute Gasteiger partial charge is 0.396 e. The first-order chi connectivity index (χ1) is 10.2. The summed E-state index contributed by atoms with van der Waals surface area (Å²) in [6, 6.07) is 0.0364. The molecule has 1 atom stereocenters. The number of rotatable bonds is 5. The molecule has 0 aromatic heterocycles. The fraction of sp³-hybridized carbons (Fsp3) is 0.938. The molecule has 21 heavy (non-hydrogen) atoms. The highest BCUT2D eigenvalue weighted by Gasteiger charge is 2.28. The first-order valence-electron chi connectivity index (χ1n) is 8.58. The zero-order valence-corrected chi connectivity index (χ0v) is 13.5. The van der Waals surface area contributed by atoms with Crippen LogP contribution < -0.4 is 0 Å². The van der Waals surface area contributed by atoms with Gasteiger partial charge in [-0.25, -0.2) is 0 Å². The number of aliphatic hydroxyl groups is 1. The highest BCUT2D eigenvalue weighted by molar-refractivity contribution is 5.81. The number of amides is 1. The number of nitrogens with zero attached hydrogens (tertiary/aromatic N) is 3. The molecule has 0 saturated carbocycles. The van der Waals surface area contributed by atoms with E-state index >= 15 is 0 Å². The van der Waals surface area contributed by atoms with Crippen LogP contribution >= 0.6 is 0 Å². The first-order valence-corrected chi connectivity index (χ1v) is 8.58. The Morgan fingerprint density at radius 2 is 1.76 bits per heavy atom. The lowest BCUT2D eigenvalue weighted by Gasteiger charge is -2.34. The molecule has 2 aliphatic heterocycles. The molecule has 2 saturated heterocycles. The van der Waals surface area contributed by atoms with Gasteiger partial charge in [-0.05, 0) is 52.2 Å². The van der Waals surface area contributed by atoms with Crippen LogP contribution in [0.4, 0.5) is 0 Å². The lowest BCUT2D eigenvalue weighted by molar-refractivity contribution is -0.136. The van der Waals surface area contributed by atoms with Crippen LogP contribution in [0.5, 0.6) is 0 Å². The van der Waals surface area contributed by atoms with Gasteiger partial charge < -0.3 is 14.9 Å². The van der Waals surface area contributed by atoms with Gasteiger partial charge >= 0.3 is 0 Å². The third-order valence-electron chi connectivity index (χ3n) is 4.83. The van der Waals surface area contributed by atoms with Crippen LogP contribution in [0.15, 0.2) is 0 Å². The molecule has 1 amide bonds. The minimum atomic E-state index is 0.0364. The Bertz CT molecular complexity index is 319. The van der Waals surface area contributed by atoms with E-state index in [0.29, 0.717) is 5.91 Å². The Morgan fingerprint density at radius 3 is 2.48 bits per heavy atom. The van der Waals surface area contributed by atoms with Gasteiger partial charge in [-0.1, -0.05) is 6.42 Å². The van der Waals surface area contributed by atoms with Crippen LogP contribution in [0.25, 0.3) is 0 Å². The van der Waals surface area contributed by atoms with Gasteiger partial charge in [0.05, 0.1) is 6.04 Å². The second-order valence-corrected chi connectivity index (χ2v) is 6.37. The van der Waals surface area contributed by atoms with Crippen molar-refractivity contribution in [2.45, 2.75) is 45.1 Å². The number of aliphatic hydroxyl groups excluding tert-OH is 1. The quantitative estimate of drug-likeness (QED) is 0.814. The predicted octanol–water partition coefficient (Wildman–Crippen LogP) is 0.778. The highest BCUT2D eigenvalue weighted by atomic mass is 16.3. The summed E-state index contributed by atoms with van der Waals surface area (Å²) in [7, 11) is 0. The smallest absolute Gasteiger partial charge is 0.239 e. The molecule has 5 nitrogen and oxygen atoms in total. The summed E-state index contributed by atoms with van der Waals surface area (Å²) >= 11 is 0. The predicted molar refractivity (Wildman–Crippen MR) is 84.2 cm³/mol. The van der Waals surface area contributed by atoms with Crippen LogP contribution in [-0.4, -0.2) is 84.2 Å². The molecule has 2 fully saturated rings. The van der Waals surface area contributed by atoms with E-state index in [1.54, 1.807) is 0 Å². The molecule has 0 aliphatic carbocycles. The maximum Gasteiger partial charge on any atom is 0.239 e. The van der Waals surface area contributed by atoms with E-state index in [2.05, 4.69) is 21.6 Å². The topological polar surface area (TPSA) is 47.0 Å². The molecule has 122 valence electrons. The summed E-state index contributed by atoms with van der Waals surface area (Å²) in [6.45, 7) is 9.12. The molecule has 5 heteroatoms. The number of hydrogen-bond donors (Lipinski definition) is 1. The zero-order chi connectivity index (χ0) is 15.1. The van der Waals surface area contributed by atoms with E-state index in [-0.39, 0.29) is 12.6 Å². The fourth-order valence-corrected chi connectivity index (χ4v) is 3.44. The fourth-order valence-electron chi connectivity index (χ4n) is 3.44. The zero-order valence-electron chi connectivity index (χ0n) is 13.5. The van der Waals surface area contributed by atoms with E-state index in [9.17, 15) is 4.79 Å². The first kappa shape index (κ1) is 16.7. The Balaban J connectivity index is 1.81. The summed E-state index contributed by atoms with van der Waals surface area (Å²) in [5, 5.41) is 8.93. The van der Waals surface area contributed by atoms with Gasteiger partial charge in [0, 0.05) is 32.8 Å². The minimum Gasteiger partial charge on any atom is -0.396 e. The molecule has 2 aliphatic rings. The molecule has 0 radical (unpaired) electrons. The maximum atomic E-state index is 12.7. The van der Waals surface area contributed by atoms with Crippen molar-refractivity contribution >= 4 is 5.91 Å². The van der Waals surface area contributed by atoms with Crippen LogP contribution in [0.1, 0.15) is 39.0 Å². The van der Waals surface area contributed by atoms with Crippen molar-refractivity contribution in [1.82, 2.24) is 14.7 Å². The van der Waals surface area contributed by atoms with E-state index < -0.39 is 0 Å². The standard InChI is InChI=1S/C16H31N3O2/c1-15(18-9-3-2-4-10-18)16(21)19-11-5-7-17(12-13-19)8-6-14-20/h15,20H,2-14H2,1H3. The summed E-state index contributed by atoms with van der Waals surface area (Å²) in [5.41, 5.74) is 0. The molecule has 0 aromatic carbocycles. The Labute approximate surface area is 128 Å². The van der Waals surface area contributed by atoms with Crippen molar-refractivity contribution in [3.05, 3.63) is 0 Å². The van der Waals surface area contributed by atoms with Gasteiger partial charge in [0.2, 0.25) is 5.91 Å². The van der Waals surface area contributed by atoms with Crippen molar-refractivity contribution in [1.29, 1.82) is 0 Å². The number of piperidine rings is 1. The van der Waals surface area contributed by atoms with Crippen molar-refractivity contribution in [3.8, 4) is 0 Å². The summed E-state index contributed by atoms with van der Waals surface area (Å²) < 4.78 is 0. The van der Waals surface area contributed by atoms with E-state index in [1.165, 1.54) is 19.3 Å². The monoisotopic (exact) mass is 297 g/mol. The Kier molecular flexibility index (Phi) is 6.93. The summed E-state index contributed by atoms with van der Waals surface area (Å²) in [4.78, 5) is 19.5. The summed E-state index contributed by atoms with van der Waals surface area (Å²) in [6.07, 6.45) is 5.64. The molecular weight excluding hydrogens is 266 g/mol. The van der Waals surface area contributed by atoms with Gasteiger partial charge in [0.25, 0.3) is 0 Å². The molecular formula is C16H31N3O2. The van der Waals surface area contributed by atoms with Gasteiger partial charge in [0.1, 0.15) is 0 Å². The average Bonchev–Trinajstić information content (AvgIpc) is 2.78. The van der Waals surface area contributed by atoms with Crippen molar-refractivity contribution in [2.24, 2.45) is 0 Å². The molecule has 2 heterocycles. The molecule has 1 unspecified atom stereocenters. The number of hydrogen-bond acceptors (Lipinski definition) is 4. The lowest BCUT2D eigenvalue weighted by atomic mass is 10.1. The molecule has 0 bridgehead atoms. The SMILES string of the molecule is CC(C(=O)N1CCCN(CCCO)CC1)N1CCCCC1. The number of likely N-dealkylation sites (tertiary alicyclic amines) is 1. The van der Waals surface area contributed by atoms with E-state index in [0.717, 1.165) is 58.7 Å². The van der Waals surface area contributed by atoms with Crippen LogP contribution in [-0.2, 0) is 4.79 Å². The normalized spacial score (nSPS) is 23.8.